The Kier molecular flexibility index (Phi) is 5.40. The molecule has 0 spiro atoms. The first kappa shape index (κ1) is 20.9. The van der Waals surface area contributed by atoms with Crippen LogP contribution in [0.1, 0.15) is 18.5 Å². The van der Waals surface area contributed by atoms with Crippen LogP contribution in [0.3, 0.4) is 0 Å². The zero-order chi connectivity index (χ0) is 22.9. The van der Waals surface area contributed by atoms with Gasteiger partial charge in [-0.25, -0.2) is 9.79 Å². The van der Waals surface area contributed by atoms with E-state index in [4.69, 9.17) is 11.6 Å². The molecule has 1 aliphatic rings. The molecule has 4 aromatic rings. The van der Waals surface area contributed by atoms with Crippen molar-refractivity contribution in [2.24, 2.45) is 10.9 Å². The number of aromatic amines is 1. The number of nitrogens with zero attached hydrogens (tertiary/aromatic N) is 2. The van der Waals surface area contributed by atoms with E-state index >= 15 is 0 Å². The molecule has 1 aromatic heterocycles. The average molecular weight is 458 g/mol. The first-order valence-electron chi connectivity index (χ1n) is 10.4. The van der Waals surface area contributed by atoms with Crippen molar-refractivity contribution in [1.29, 1.82) is 0 Å². The number of aromatic nitrogens is 2. The van der Waals surface area contributed by atoms with Crippen molar-refractivity contribution in [1.82, 2.24) is 15.5 Å². The fourth-order valence-electron chi connectivity index (χ4n) is 4.10. The highest BCUT2D eigenvalue weighted by molar-refractivity contribution is 6.30. The zero-order valence-electron chi connectivity index (χ0n) is 17.7. The predicted octanol–water partition coefficient (Wildman–Crippen LogP) is 5.36. The largest absolute Gasteiger partial charge is 0.341 e. The first-order chi connectivity index (χ1) is 16.0. The second-order valence-electron chi connectivity index (χ2n) is 7.95. The molecule has 7 nitrogen and oxygen atoms in total. The van der Waals surface area contributed by atoms with Gasteiger partial charge in [0, 0.05) is 21.8 Å². The van der Waals surface area contributed by atoms with Gasteiger partial charge >= 0.3 is 6.03 Å². The van der Waals surface area contributed by atoms with Crippen molar-refractivity contribution in [3.8, 4) is 11.1 Å². The van der Waals surface area contributed by atoms with Crippen LogP contribution in [0.25, 0.3) is 22.0 Å². The van der Waals surface area contributed by atoms with Crippen LogP contribution in [0, 0.1) is 5.92 Å². The number of nitrogens with one attached hydrogen (secondary N) is 3. The lowest BCUT2D eigenvalue weighted by Gasteiger charge is -2.30. The quantitative estimate of drug-likeness (QED) is 0.384. The van der Waals surface area contributed by atoms with E-state index in [-0.39, 0.29) is 5.91 Å². The maximum Gasteiger partial charge on any atom is 0.341 e. The summed E-state index contributed by atoms with van der Waals surface area (Å²) in [5, 5.41) is 14.3. The molecule has 0 aliphatic carbocycles. The number of benzene rings is 3. The highest BCUT2D eigenvalue weighted by Crippen LogP contribution is 2.30. The van der Waals surface area contributed by atoms with Crippen LogP contribution in [0.2, 0.25) is 5.02 Å². The van der Waals surface area contributed by atoms with Crippen LogP contribution < -0.4 is 10.6 Å². The van der Waals surface area contributed by atoms with Crippen LogP contribution in [0.4, 0.5) is 10.5 Å². The Morgan fingerprint density at radius 1 is 1.00 bits per heavy atom. The third-order valence-electron chi connectivity index (χ3n) is 5.78. The molecule has 0 saturated carbocycles. The molecule has 3 N–H and O–H groups in total. The SMILES string of the molecule is CC1=NC(=O)NC(c2ccc(-c3ccc(Cl)cc3)cc2)C1C(=O)Nc1ccc2[nH]ncc2c1. The lowest BCUT2D eigenvalue weighted by molar-refractivity contribution is -0.118. The van der Waals surface area contributed by atoms with Crippen molar-refractivity contribution in [3.63, 3.8) is 0 Å². The van der Waals surface area contributed by atoms with E-state index in [1.54, 1.807) is 13.1 Å². The second kappa shape index (κ2) is 8.52. The summed E-state index contributed by atoms with van der Waals surface area (Å²) in [4.78, 5) is 29.4. The van der Waals surface area contributed by atoms with E-state index in [9.17, 15) is 9.59 Å². The van der Waals surface area contributed by atoms with E-state index in [2.05, 4.69) is 25.8 Å². The maximum absolute atomic E-state index is 13.3. The van der Waals surface area contributed by atoms with Crippen LogP contribution in [-0.4, -0.2) is 27.8 Å². The Morgan fingerprint density at radius 2 is 1.70 bits per heavy atom. The Hall–Kier alpha value is -3.97. The van der Waals surface area contributed by atoms with Gasteiger partial charge in [-0.1, -0.05) is 48.0 Å². The van der Waals surface area contributed by atoms with Gasteiger partial charge in [0.1, 0.15) is 5.92 Å². The molecule has 3 aromatic carbocycles. The third kappa shape index (κ3) is 4.23. The van der Waals surface area contributed by atoms with Gasteiger partial charge in [-0.2, -0.15) is 5.10 Å². The summed E-state index contributed by atoms with van der Waals surface area (Å²) < 4.78 is 0. The summed E-state index contributed by atoms with van der Waals surface area (Å²) in [7, 11) is 0. The van der Waals surface area contributed by atoms with Crippen LogP contribution >= 0.6 is 11.6 Å². The Morgan fingerprint density at radius 3 is 2.42 bits per heavy atom. The zero-order valence-corrected chi connectivity index (χ0v) is 18.4. The van der Waals surface area contributed by atoms with Gasteiger partial charge in [0.15, 0.2) is 0 Å². The molecule has 1 aliphatic heterocycles. The molecule has 0 radical (unpaired) electrons. The molecular weight excluding hydrogens is 438 g/mol. The molecule has 3 amide bonds. The second-order valence-corrected chi connectivity index (χ2v) is 8.38. The first-order valence-corrected chi connectivity index (χ1v) is 10.8. The molecule has 8 heteroatoms. The highest BCUT2D eigenvalue weighted by atomic mass is 35.5. The minimum Gasteiger partial charge on any atom is -0.328 e. The number of H-pyrrole nitrogens is 1. The molecule has 164 valence electrons. The lowest BCUT2D eigenvalue weighted by atomic mass is 9.86. The number of hydrogen-bond donors (Lipinski definition) is 3. The molecule has 33 heavy (non-hydrogen) atoms. The van der Waals surface area contributed by atoms with Gasteiger partial charge in [0.25, 0.3) is 0 Å². The topological polar surface area (TPSA) is 99.2 Å². The van der Waals surface area contributed by atoms with Gasteiger partial charge in [0.2, 0.25) is 5.91 Å². The van der Waals surface area contributed by atoms with Crippen molar-refractivity contribution in [3.05, 3.63) is 83.5 Å². The molecule has 5 rings (SSSR count). The van der Waals surface area contributed by atoms with Gasteiger partial charge < -0.3 is 10.6 Å². The normalized spacial score (nSPS) is 18.0. The predicted molar refractivity (Wildman–Crippen MR) is 129 cm³/mol. The Labute approximate surface area is 194 Å². The summed E-state index contributed by atoms with van der Waals surface area (Å²) in [5.41, 5.74) is 4.86. The number of anilines is 1. The van der Waals surface area contributed by atoms with Gasteiger partial charge in [-0.05, 0) is 53.9 Å². The average Bonchev–Trinajstić information content (AvgIpc) is 3.27. The Bertz CT molecular complexity index is 1380. The van der Waals surface area contributed by atoms with Crippen molar-refractivity contribution >= 4 is 45.8 Å². The van der Waals surface area contributed by atoms with E-state index < -0.39 is 18.0 Å². The molecule has 0 saturated heterocycles. The number of carbonyl (C=O) groups excluding carboxylic acids is 2. The summed E-state index contributed by atoms with van der Waals surface area (Å²) >= 11 is 5.99. The Balaban J connectivity index is 1.42. The highest BCUT2D eigenvalue weighted by Gasteiger charge is 2.36. The van der Waals surface area contributed by atoms with Crippen molar-refractivity contribution in [2.75, 3.05) is 5.32 Å². The number of halogens is 1. The molecular formula is C25H20ClN5O2. The molecule has 2 atom stereocenters. The monoisotopic (exact) mass is 457 g/mol. The van der Waals surface area contributed by atoms with E-state index in [0.717, 1.165) is 27.6 Å². The minimum absolute atomic E-state index is 0.245. The van der Waals surface area contributed by atoms with Crippen molar-refractivity contribution in [2.45, 2.75) is 13.0 Å². The summed E-state index contributed by atoms with van der Waals surface area (Å²) in [6.45, 7) is 1.71. The summed E-state index contributed by atoms with van der Waals surface area (Å²) in [6.07, 6.45) is 1.70. The number of rotatable bonds is 4. The number of fused-ring (bicyclic) bond motifs is 1. The van der Waals surface area contributed by atoms with E-state index in [1.807, 2.05) is 66.7 Å². The number of urea groups is 1. The number of aliphatic imine (C=N–C) groups is 1. The lowest BCUT2D eigenvalue weighted by Crippen LogP contribution is -2.45. The van der Waals surface area contributed by atoms with Gasteiger partial charge in [0.05, 0.1) is 17.8 Å². The fraction of sp³-hybridized carbons (Fsp3) is 0.120. The van der Waals surface area contributed by atoms with Crippen LogP contribution in [0.15, 0.2) is 77.9 Å². The standard InChI is InChI=1S/C25H20ClN5O2/c1-14-22(24(32)29-20-10-11-21-18(12-20)13-27-31-21)23(30-25(33)28-14)17-4-2-15(3-5-17)16-6-8-19(26)9-7-16/h2-13,22-23H,1H3,(H,27,31)(H,29,32)(H,30,33). The maximum atomic E-state index is 13.3. The van der Waals surface area contributed by atoms with Gasteiger partial charge in [-0.15, -0.1) is 0 Å². The fourth-order valence-corrected chi connectivity index (χ4v) is 4.23. The molecule has 0 fully saturated rings. The van der Waals surface area contributed by atoms with Crippen LogP contribution in [-0.2, 0) is 4.79 Å². The summed E-state index contributed by atoms with van der Waals surface area (Å²) in [5.74, 6) is -0.894. The smallest absolute Gasteiger partial charge is 0.328 e. The third-order valence-corrected chi connectivity index (χ3v) is 6.03. The molecule has 0 bridgehead atoms. The van der Waals surface area contributed by atoms with Crippen LogP contribution in [0.5, 0.6) is 0 Å². The molecule has 2 heterocycles. The summed E-state index contributed by atoms with van der Waals surface area (Å²) in [6, 6.07) is 19.9. The number of amides is 3. The number of carbonyl (C=O) groups is 2. The van der Waals surface area contributed by atoms with Gasteiger partial charge in [-0.3, -0.25) is 9.89 Å². The van der Waals surface area contributed by atoms with Crippen molar-refractivity contribution < 1.29 is 9.59 Å². The van der Waals surface area contributed by atoms with E-state index in [1.165, 1.54) is 0 Å². The minimum atomic E-state index is -0.649. The number of hydrogen-bond acceptors (Lipinski definition) is 3. The molecule has 2 unspecified atom stereocenters. The van der Waals surface area contributed by atoms with E-state index in [0.29, 0.717) is 16.4 Å².